The lowest BCUT2D eigenvalue weighted by molar-refractivity contribution is -0.384. The molecule has 1 fully saturated rings. The van der Waals surface area contributed by atoms with Gasteiger partial charge < -0.3 is 5.32 Å². The minimum Gasteiger partial charge on any atom is -0.323 e. The van der Waals surface area contributed by atoms with Crippen molar-refractivity contribution in [1.82, 2.24) is 9.97 Å². The van der Waals surface area contributed by atoms with Crippen LogP contribution in [0.4, 0.5) is 15.8 Å². The third-order valence-corrected chi connectivity index (χ3v) is 7.74. The van der Waals surface area contributed by atoms with Crippen molar-refractivity contribution in [3.8, 4) is 0 Å². The van der Waals surface area contributed by atoms with Gasteiger partial charge in [-0.2, -0.15) is 0 Å². The lowest BCUT2D eigenvalue weighted by Gasteiger charge is -2.39. The maximum Gasteiger partial charge on any atom is 0.271 e. The molecule has 0 radical (unpaired) electrons. The van der Waals surface area contributed by atoms with Gasteiger partial charge >= 0.3 is 0 Å². The number of nitro groups is 1. The molecule has 2 aliphatic rings. The molecular weight excluding hydrogens is 399 g/mol. The first-order valence-electron chi connectivity index (χ1n) is 10.1. The Hall–Kier alpha value is -3.42. The number of carbonyl (C=O) groups excluding carboxylic acids is 1. The van der Waals surface area contributed by atoms with Crippen LogP contribution in [0.1, 0.15) is 45.0 Å². The molecule has 2 unspecified atom stereocenters. The second kappa shape index (κ2) is 6.06. The van der Waals surface area contributed by atoms with Crippen LogP contribution in [0.3, 0.4) is 0 Å². The Labute approximate surface area is 177 Å². The molecule has 8 heteroatoms. The predicted octanol–water partition coefficient (Wildman–Crippen LogP) is 4.64. The van der Waals surface area contributed by atoms with E-state index in [0.29, 0.717) is 23.1 Å². The molecule has 1 N–H and O–H groups in total. The van der Waals surface area contributed by atoms with E-state index in [4.69, 9.17) is 9.97 Å². The van der Waals surface area contributed by atoms with Crippen LogP contribution in [-0.4, -0.2) is 20.8 Å². The van der Waals surface area contributed by atoms with Crippen molar-refractivity contribution in [3.05, 3.63) is 69.8 Å². The first kappa shape index (κ1) is 19.5. The van der Waals surface area contributed by atoms with Gasteiger partial charge in [0, 0.05) is 17.5 Å². The number of fused-ring (bicyclic) bond motifs is 6. The number of rotatable bonds is 3. The Morgan fingerprint density at radius 2 is 1.77 bits per heavy atom. The van der Waals surface area contributed by atoms with Crippen molar-refractivity contribution >= 4 is 28.3 Å². The van der Waals surface area contributed by atoms with E-state index < -0.39 is 27.0 Å². The molecule has 7 nitrogen and oxygen atoms in total. The summed E-state index contributed by atoms with van der Waals surface area (Å²) in [5.74, 6) is -0.839. The molecule has 1 aromatic heterocycles. The van der Waals surface area contributed by atoms with E-state index in [1.807, 2.05) is 13.8 Å². The largest absolute Gasteiger partial charge is 0.323 e. The van der Waals surface area contributed by atoms with E-state index in [9.17, 15) is 19.3 Å². The van der Waals surface area contributed by atoms with Gasteiger partial charge in [-0.05, 0) is 36.5 Å². The summed E-state index contributed by atoms with van der Waals surface area (Å²) >= 11 is 0. The van der Waals surface area contributed by atoms with Crippen LogP contribution in [0.5, 0.6) is 0 Å². The van der Waals surface area contributed by atoms with E-state index in [1.54, 1.807) is 18.2 Å². The number of hydrogen-bond donors (Lipinski definition) is 1. The smallest absolute Gasteiger partial charge is 0.271 e. The van der Waals surface area contributed by atoms with Crippen molar-refractivity contribution in [3.63, 3.8) is 0 Å². The van der Waals surface area contributed by atoms with Gasteiger partial charge in [0.1, 0.15) is 5.82 Å². The minimum absolute atomic E-state index is 0.0831. The maximum absolute atomic E-state index is 14.3. The number of nitrogens with one attached hydrogen (secondary N) is 1. The molecule has 31 heavy (non-hydrogen) atoms. The highest BCUT2D eigenvalue weighted by molar-refractivity contribution is 6.02. The number of amides is 1. The summed E-state index contributed by atoms with van der Waals surface area (Å²) < 4.78 is 14.3. The van der Waals surface area contributed by atoms with Gasteiger partial charge in [0.2, 0.25) is 5.91 Å². The molecule has 2 aromatic carbocycles. The molecule has 3 aromatic rings. The number of para-hydroxylation sites is 1. The Kier molecular flexibility index (Phi) is 3.82. The highest BCUT2D eigenvalue weighted by atomic mass is 19.1. The summed E-state index contributed by atoms with van der Waals surface area (Å²) in [6.45, 7) is 6.14. The minimum atomic E-state index is -1.02. The molecule has 2 bridgehead atoms. The van der Waals surface area contributed by atoms with Crippen molar-refractivity contribution in [1.29, 1.82) is 0 Å². The maximum atomic E-state index is 14.3. The highest BCUT2D eigenvalue weighted by Crippen LogP contribution is 2.70. The first-order valence-corrected chi connectivity index (χ1v) is 10.1. The fourth-order valence-electron chi connectivity index (χ4n) is 5.50. The van der Waals surface area contributed by atoms with Gasteiger partial charge in [-0.3, -0.25) is 14.9 Å². The molecule has 1 heterocycles. The Morgan fingerprint density at radius 1 is 1.06 bits per heavy atom. The summed E-state index contributed by atoms with van der Waals surface area (Å²) in [5.41, 5.74) is 0.270. The van der Waals surface area contributed by atoms with Crippen LogP contribution in [0.2, 0.25) is 0 Å². The van der Waals surface area contributed by atoms with Gasteiger partial charge in [0.25, 0.3) is 5.69 Å². The zero-order chi connectivity index (χ0) is 22.2. The molecule has 158 valence electrons. The summed E-state index contributed by atoms with van der Waals surface area (Å²) in [6.07, 6.45) is 1.28. The molecule has 2 aliphatic carbocycles. The Balaban J connectivity index is 1.72. The third kappa shape index (κ3) is 2.30. The fraction of sp³-hybridized carbons (Fsp3) is 0.348. The molecule has 0 saturated heterocycles. The van der Waals surface area contributed by atoms with E-state index in [0.717, 1.165) is 12.1 Å². The fourth-order valence-corrected chi connectivity index (χ4v) is 5.50. The average Bonchev–Trinajstić information content (AvgIpc) is 3.03. The Bertz CT molecular complexity index is 1290. The van der Waals surface area contributed by atoms with Crippen molar-refractivity contribution in [2.45, 2.75) is 44.4 Å². The van der Waals surface area contributed by atoms with Crippen LogP contribution in [0, 0.1) is 21.3 Å². The van der Waals surface area contributed by atoms with E-state index >= 15 is 0 Å². The molecule has 2 atom stereocenters. The first-order chi connectivity index (χ1) is 14.6. The van der Waals surface area contributed by atoms with E-state index in [1.165, 1.54) is 24.3 Å². The van der Waals surface area contributed by atoms with Crippen LogP contribution in [0.25, 0.3) is 11.0 Å². The summed E-state index contributed by atoms with van der Waals surface area (Å²) in [4.78, 5) is 34.0. The molecular formula is C23H21FN4O3. The predicted molar refractivity (Wildman–Crippen MR) is 113 cm³/mol. The van der Waals surface area contributed by atoms with Crippen molar-refractivity contribution < 1.29 is 14.1 Å². The number of non-ortho nitro benzene ring substituents is 1. The Morgan fingerprint density at radius 3 is 2.48 bits per heavy atom. The molecule has 5 rings (SSSR count). The topological polar surface area (TPSA) is 98.0 Å². The number of halogens is 1. The molecule has 1 saturated carbocycles. The van der Waals surface area contributed by atoms with E-state index in [2.05, 4.69) is 12.2 Å². The van der Waals surface area contributed by atoms with Gasteiger partial charge in [0.05, 0.1) is 38.4 Å². The number of hydrogen-bond acceptors (Lipinski definition) is 5. The van der Waals surface area contributed by atoms with E-state index in [-0.39, 0.29) is 17.3 Å². The van der Waals surface area contributed by atoms with Crippen molar-refractivity contribution in [2.24, 2.45) is 5.41 Å². The number of aromatic nitrogens is 2. The quantitative estimate of drug-likeness (QED) is 0.491. The average molecular weight is 420 g/mol. The third-order valence-electron chi connectivity index (χ3n) is 7.74. The summed E-state index contributed by atoms with van der Waals surface area (Å²) in [6, 6.07) is 10.4. The van der Waals surface area contributed by atoms with Gasteiger partial charge in [-0.25, -0.2) is 14.4 Å². The second-order valence-electron chi connectivity index (χ2n) is 9.15. The van der Waals surface area contributed by atoms with Crippen LogP contribution >= 0.6 is 0 Å². The lowest BCUT2D eigenvalue weighted by atomic mass is 9.63. The molecule has 0 aliphatic heterocycles. The lowest BCUT2D eigenvalue weighted by Crippen LogP contribution is -2.48. The SMILES string of the molecule is CC12CCC(C(=O)Nc3ccccc3F)(c3nc4cc([N+](=O)[O-])ccc4nc31)C2(C)C. The van der Waals surface area contributed by atoms with Crippen LogP contribution in [-0.2, 0) is 15.6 Å². The normalized spacial score (nSPS) is 25.4. The standard InChI is InChI=1S/C23H21FN4O3/c1-21(2)22(3)10-11-23(21,20(29)27-15-7-5-4-6-14(15)24)19-18(22)25-16-9-8-13(28(30)31)12-17(16)26-19/h4-9,12H,10-11H2,1-3H3,(H,27,29). The van der Waals surface area contributed by atoms with Crippen LogP contribution in [0.15, 0.2) is 42.5 Å². The summed E-state index contributed by atoms with van der Waals surface area (Å²) in [5, 5.41) is 14.0. The highest BCUT2D eigenvalue weighted by Gasteiger charge is 2.73. The van der Waals surface area contributed by atoms with Gasteiger partial charge in [0.15, 0.2) is 0 Å². The number of carbonyl (C=O) groups is 1. The van der Waals surface area contributed by atoms with Gasteiger partial charge in [-0.1, -0.05) is 32.9 Å². The van der Waals surface area contributed by atoms with Crippen LogP contribution < -0.4 is 5.32 Å². The number of nitro benzene ring substituents is 1. The number of anilines is 1. The number of nitrogens with zero attached hydrogens (tertiary/aromatic N) is 3. The monoisotopic (exact) mass is 420 g/mol. The zero-order valence-corrected chi connectivity index (χ0v) is 17.4. The van der Waals surface area contributed by atoms with Crippen molar-refractivity contribution in [2.75, 3.05) is 5.32 Å². The van der Waals surface area contributed by atoms with Gasteiger partial charge in [-0.15, -0.1) is 0 Å². The zero-order valence-electron chi connectivity index (χ0n) is 17.4. The summed E-state index contributed by atoms with van der Waals surface area (Å²) in [7, 11) is 0. The second-order valence-corrected chi connectivity index (χ2v) is 9.15. The molecule has 1 amide bonds. The number of benzene rings is 2. The molecule has 0 spiro atoms.